The van der Waals surface area contributed by atoms with Crippen molar-refractivity contribution in [3.63, 3.8) is 0 Å². The summed E-state index contributed by atoms with van der Waals surface area (Å²) in [5.41, 5.74) is 1.19. The summed E-state index contributed by atoms with van der Waals surface area (Å²) in [6.45, 7) is 6.18. The van der Waals surface area contributed by atoms with Crippen molar-refractivity contribution in [2.24, 2.45) is 5.41 Å². The molecule has 0 saturated carbocycles. The number of rotatable bonds is 3. The number of nitrogens with zero attached hydrogens (tertiary/aromatic N) is 4. The summed E-state index contributed by atoms with van der Waals surface area (Å²) in [6.07, 6.45) is 2.56. The number of hydrogen-bond acceptors (Lipinski definition) is 5. The first kappa shape index (κ1) is 17.1. The Bertz CT molecular complexity index is 748. The maximum atomic E-state index is 12.6. The number of amides is 2. The smallest absolute Gasteiger partial charge is 0.251 e. The lowest BCUT2D eigenvalue weighted by Gasteiger charge is -2.41. The molecule has 0 unspecified atom stereocenters. The minimum atomic E-state index is -0.154. The van der Waals surface area contributed by atoms with Gasteiger partial charge in [0.15, 0.2) is 0 Å². The Morgan fingerprint density at radius 1 is 1.28 bits per heavy atom. The van der Waals surface area contributed by atoms with Gasteiger partial charge in [0.1, 0.15) is 6.33 Å². The van der Waals surface area contributed by atoms with Gasteiger partial charge in [-0.1, -0.05) is 20.8 Å². The second-order valence-corrected chi connectivity index (χ2v) is 7.33. The van der Waals surface area contributed by atoms with E-state index in [4.69, 9.17) is 0 Å². The van der Waals surface area contributed by atoms with Gasteiger partial charge in [-0.05, 0) is 46.5 Å². The Morgan fingerprint density at radius 2 is 2.00 bits per heavy atom. The zero-order chi connectivity index (χ0) is 18.0. The highest BCUT2D eigenvalue weighted by Gasteiger charge is 2.37. The molecule has 0 spiro atoms. The van der Waals surface area contributed by atoms with Crippen molar-refractivity contribution >= 4 is 11.8 Å². The Kier molecular flexibility index (Phi) is 4.52. The van der Waals surface area contributed by atoms with Crippen LogP contribution in [0.1, 0.15) is 44.0 Å². The van der Waals surface area contributed by atoms with Crippen LogP contribution in [0.25, 0.3) is 5.69 Å². The van der Waals surface area contributed by atoms with E-state index in [2.05, 4.69) is 46.9 Å². The molecule has 0 radical (unpaired) electrons. The molecule has 2 heterocycles. The highest BCUT2D eigenvalue weighted by Crippen LogP contribution is 2.27. The maximum Gasteiger partial charge on any atom is 0.251 e. The van der Waals surface area contributed by atoms with Crippen LogP contribution in [0.15, 0.2) is 30.6 Å². The molecule has 2 N–H and O–H groups in total. The molecule has 3 rings (SSSR count). The highest BCUT2D eigenvalue weighted by atomic mass is 16.2. The van der Waals surface area contributed by atoms with Gasteiger partial charge in [0.25, 0.3) is 5.91 Å². The fraction of sp³-hybridized carbons (Fsp3) is 0.471. The zero-order valence-corrected chi connectivity index (χ0v) is 14.6. The molecule has 1 aliphatic heterocycles. The second kappa shape index (κ2) is 6.62. The van der Waals surface area contributed by atoms with Gasteiger partial charge < -0.3 is 10.6 Å². The van der Waals surface area contributed by atoms with Crippen LogP contribution in [-0.4, -0.2) is 44.1 Å². The summed E-state index contributed by atoms with van der Waals surface area (Å²) in [5, 5.41) is 17.1. The Balaban J connectivity index is 1.71. The number of benzene rings is 1. The predicted octanol–water partition coefficient (Wildman–Crippen LogP) is 1.09. The third-order valence-corrected chi connectivity index (χ3v) is 4.39. The summed E-state index contributed by atoms with van der Waals surface area (Å²) < 4.78 is 1.52. The van der Waals surface area contributed by atoms with E-state index in [0.29, 0.717) is 18.4 Å². The van der Waals surface area contributed by atoms with Gasteiger partial charge in [0, 0.05) is 12.0 Å². The molecule has 1 fully saturated rings. The topological polar surface area (TPSA) is 102 Å². The van der Waals surface area contributed by atoms with Crippen molar-refractivity contribution in [2.75, 3.05) is 0 Å². The van der Waals surface area contributed by atoms with Crippen LogP contribution in [0.3, 0.4) is 0 Å². The molecule has 2 atom stereocenters. The van der Waals surface area contributed by atoms with Gasteiger partial charge in [-0.3, -0.25) is 9.59 Å². The molecule has 1 aliphatic rings. The van der Waals surface area contributed by atoms with Crippen LogP contribution < -0.4 is 10.6 Å². The number of carbonyl (C=O) groups is 2. The normalized spacial score (nSPS) is 20.8. The third-order valence-electron chi connectivity index (χ3n) is 4.39. The molecule has 8 nitrogen and oxygen atoms in total. The monoisotopic (exact) mass is 342 g/mol. The average molecular weight is 342 g/mol. The van der Waals surface area contributed by atoms with Crippen LogP contribution in [0.2, 0.25) is 0 Å². The van der Waals surface area contributed by atoms with E-state index >= 15 is 0 Å². The Labute approximate surface area is 146 Å². The molecule has 132 valence electrons. The van der Waals surface area contributed by atoms with Crippen molar-refractivity contribution in [2.45, 2.75) is 45.7 Å². The minimum Gasteiger partial charge on any atom is -0.351 e. The lowest BCUT2D eigenvalue weighted by molar-refractivity contribution is -0.125. The summed E-state index contributed by atoms with van der Waals surface area (Å²) >= 11 is 0. The molecule has 0 aliphatic carbocycles. The Morgan fingerprint density at radius 3 is 2.60 bits per heavy atom. The second-order valence-electron chi connectivity index (χ2n) is 7.33. The lowest BCUT2D eigenvalue weighted by atomic mass is 9.78. The van der Waals surface area contributed by atoms with Crippen LogP contribution in [0.5, 0.6) is 0 Å². The van der Waals surface area contributed by atoms with E-state index in [1.165, 1.54) is 11.0 Å². The number of hydrogen-bond donors (Lipinski definition) is 2. The van der Waals surface area contributed by atoms with E-state index < -0.39 is 0 Å². The lowest BCUT2D eigenvalue weighted by Crippen LogP contribution is -2.60. The third kappa shape index (κ3) is 3.84. The van der Waals surface area contributed by atoms with E-state index in [9.17, 15) is 9.59 Å². The molecule has 1 saturated heterocycles. The molecule has 25 heavy (non-hydrogen) atoms. The number of nitrogens with one attached hydrogen (secondary N) is 2. The van der Waals surface area contributed by atoms with Crippen LogP contribution in [0.4, 0.5) is 0 Å². The van der Waals surface area contributed by atoms with Crippen LogP contribution >= 0.6 is 0 Å². The first-order valence-electron chi connectivity index (χ1n) is 8.28. The quantitative estimate of drug-likeness (QED) is 0.869. The first-order chi connectivity index (χ1) is 11.8. The molecule has 2 aromatic rings. The van der Waals surface area contributed by atoms with Crippen LogP contribution in [-0.2, 0) is 4.79 Å². The van der Waals surface area contributed by atoms with Gasteiger partial charge in [-0.2, -0.15) is 0 Å². The van der Waals surface area contributed by atoms with Gasteiger partial charge >= 0.3 is 0 Å². The number of tetrazole rings is 1. The fourth-order valence-corrected chi connectivity index (χ4v) is 3.07. The first-order valence-corrected chi connectivity index (χ1v) is 8.28. The molecule has 8 heteroatoms. The van der Waals surface area contributed by atoms with E-state index in [1.807, 2.05) is 0 Å². The fourth-order valence-electron chi connectivity index (χ4n) is 3.07. The van der Waals surface area contributed by atoms with Crippen LogP contribution in [0, 0.1) is 5.41 Å². The molecular formula is C17H22N6O2. The molecule has 1 aromatic heterocycles. The summed E-state index contributed by atoms with van der Waals surface area (Å²) in [4.78, 5) is 24.3. The van der Waals surface area contributed by atoms with E-state index in [-0.39, 0.29) is 29.3 Å². The van der Waals surface area contributed by atoms with E-state index in [1.54, 1.807) is 24.3 Å². The number of piperidine rings is 1. The van der Waals surface area contributed by atoms with Crippen molar-refractivity contribution in [3.05, 3.63) is 36.2 Å². The predicted molar refractivity (Wildman–Crippen MR) is 91.0 cm³/mol. The van der Waals surface area contributed by atoms with Gasteiger partial charge in [-0.15, -0.1) is 5.10 Å². The van der Waals surface area contributed by atoms with Crippen molar-refractivity contribution in [3.8, 4) is 5.69 Å². The van der Waals surface area contributed by atoms with Gasteiger partial charge in [0.2, 0.25) is 5.91 Å². The summed E-state index contributed by atoms with van der Waals surface area (Å²) in [5.74, 6) is -0.116. The zero-order valence-electron chi connectivity index (χ0n) is 14.6. The Hall–Kier alpha value is -2.77. The summed E-state index contributed by atoms with van der Waals surface area (Å²) in [7, 11) is 0. The number of carbonyl (C=O) groups excluding carboxylic acids is 2. The molecule has 0 bridgehead atoms. The maximum absolute atomic E-state index is 12.6. The van der Waals surface area contributed by atoms with Crippen molar-refractivity contribution < 1.29 is 9.59 Å². The number of aromatic nitrogens is 4. The van der Waals surface area contributed by atoms with E-state index in [0.717, 1.165) is 5.69 Å². The van der Waals surface area contributed by atoms with Gasteiger partial charge in [0.05, 0.1) is 17.8 Å². The SMILES string of the molecule is CC(C)(C)[C@@H]1NC(=O)CC[C@H]1NC(=O)c1ccc(-n2cnnn2)cc1. The molecule has 1 aromatic carbocycles. The summed E-state index contributed by atoms with van der Waals surface area (Å²) in [6, 6.07) is 6.85. The minimum absolute atomic E-state index is 0.0382. The molecule has 2 amide bonds. The standard InChI is InChI=1S/C17H22N6O2/c1-17(2,3)15-13(8-9-14(24)20-15)19-16(25)11-4-6-12(7-5-11)23-10-18-21-22-23/h4-7,10,13,15H,8-9H2,1-3H3,(H,19,25)(H,20,24)/t13-,15-/m1/s1. The largest absolute Gasteiger partial charge is 0.351 e. The molecular weight excluding hydrogens is 320 g/mol. The highest BCUT2D eigenvalue weighted by molar-refractivity contribution is 5.94. The van der Waals surface area contributed by atoms with Crippen molar-refractivity contribution in [1.82, 2.24) is 30.8 Å². The van der Waals surface area contributed by atoms with Crippen molar-refractivity contribution in [1.29, 1.82) is 0 Å². The average Bonchev–Trinajstić information content (AvgIpc) is 3.10. The van der Waals surface area contributed by atoms with Gasteiger partial charge in [-0.25, -0.2) is 4.68 Å².